The van der Waals surface area contributed by atoms with Crippen molar-refractivity contribution < 1.29 is 34.2 Å². The molecule has 0 radical (unpaired) electrons. The van der Waals surface area contributed by atoms with Crippen LogP contribution in [-0.4, -0.2) is 83.6 Å². The van der Waals surface area contributed by atoms with Gasteiger partial charge in [0.15, 0.2) is 5.96 Å². The zero-order valence-corrected chi connectivity index (χ0v) is 16.2. The van der Waals surface area contributed by atoms with E-state index in [2.05, 4.69) is 20.9 Å². The molecular weight excluding hydrogens is 404 g/mol. The number of aliphatic hydroxyl groups excluding tert-OH is 1. The Balaban J connectivity index is 4.74. The summed E-state index contributed by atoms with van der Waals surface area (Å²) in [5, 5.41) is 24.5. The fourth-order valence-electron chi connectivity index (χ4n) is 2.07. The first-order chi connectivity index (χ1) is 14.0. The Kier molecular flexibility index (Phi) is 12.1. The summed E-state index contributed by atoms with van der Waals surface area (Å²) in [5.74, 6) is -5.02. The molecule has 0 aromatic heterocycles. The van der Waals surface area contributed by atoms with Crippen LogP contribution in [0.2, 0.25) is 0 Å². The average molecular weight is 432 g/mol. The highest BCUT2D eigenvalue weighted by Crippen LogP contribution is 1.99. The van der Waals surface area contributed by atoms with E-state index in [1.54, 1.807) is 0 Å². The van der Waals surface area contributed by atoms with Crippen LogP contribution in [0.4, 0.5) is 0 Å². The molecule has 15 nitrogen and oxygen atoms in total. The number of hydrogen-bond acceptors (Lipinski definition) is 8. The minimum absolute atomic E-state index is 0.0329. The van der Waals surface area contributed by atoms with Crippen molar-refractivity contribution in [1.82, 2.24) is 16.0 Å². The number of nitrogens with zero attached hydrogens (tertiary/aromatic N) is 1. The Morgan fingerprint density at radius 3 is 2.10 bits per heavy atom. The molecule has 0 aliphatic heterocycles. The maximum atomic E-state index is 12.2. The van der Waals surface area contributed by atoms with E-state index in [0.29, 0.717) is 0 Å². The van der Waals surface area contributed by atoms with Crippen LogP contribution in [0.3, 0.4) is 0 Å². The van der Waals surface area contributed by atoms with Crippen LogP contribution in [0.25, 0.3) is 0 Å². The number of guanidine groups is 1. The molecule has 13 N–H and O–H groups in total. The molecule has 0 aliphatic carbocycles. The zero-order valence-electron chi connectivity index (χ0n) is 16.2. The first kappa shape index (κ1) is 26.5. The van der Waals surface area contributed by atoms with Gasteiger partial charge < -0.3 is 49.1 Å². The number of carboxylic acid groups (broad SMARTS) is 1. The smallest absolute Gasteiger partial charge is 0.326 e. The number of carboxylic acids is 1. The molecule has 3 atom stereocenters. The lowest BCUT2D eigenvalue weighted by atomic mass is 10.1. The van der Waals surface area contributed by atoms with Gasteiger partial charge in [-0.15, -0.1) is 0 Å². The maximum absolute atomic E-state index is 12.2. The minimum atomic E-state index is -1.43. The maximum Gasteiger partial charge on any atom is 0.326 e. The summed E-state index contributed by atoms with van der Waals surface area (Å²) >= 11 is 0. The quantitative estimate of drug-likeness (QED) is 0.0712. The first-order valence-electron chi connectivity index (χ1n) is 8.78. The van der Waals surface area contributed by atoms with E-state index in [0.717, 1.165) is 0 Å². The third kappa shape index (κ3) is 11.4. The van der Waals surface area contributed by atoms with E-state index in [-0.39, 0.29) is 25.3 Å². The predicted molar refractivity (Wildman–Crippen MR) is 103 cm³/mol. The molecule has 0 aromatic rings. The standard InChI is InChI=1S/C15H28N8O7/c16-7(6-24)12(27)23-9(4-10(17)25)13(28)21-5-11(26)22-8(14(29)30)2-1-3-20-15(18)19/h7-9,24H,1-6,16H2,(H2,17,25)(H,21,28)(H,22,26)(H,23,27)(H,29,30)(H4,18,19,20). The van der Waals surface area contributed by atoms with Gasteiger partial charge in [0.25, 0.3) is 0 Å². The summed E-state index contributed by atoms with van der Waals surface area (Å²) in [5.41, 5.74) is 20.7. The van der Waals surface area contributed by atoms with Gasteiger partial charge >= 0.3 is 5.97 Å². The van der Waals surface area contributed by atoms with Gasteiger partial charge in [0.2, 0.25) is 23.6 Å². The van der Waals surface area contributed by atoms with Crippen molar-refractivity contribution in [3.05, 3.63) is 0 Å². The van der Waals surface area contributed by atoms with Crippen LogP contribution in [0.5, 0.6) is 0 Å². The summed E-state index contributed by atoms with van der Waals surface area (Å²) in [7, 11) is 0. The number of hydrogen-bond donors (Lipinski definition) is 9. The number of carbonyl (C=O) groups excluding carboxylic acids is 4. The molecule has 30 heavy (non-hydrogen) atoms. The van der Waals surface area contributed by atoms with Crippen LogP contribution in [0, 0.1) is 0 Å². The minimum Gasteiger partial charge on any atom is -0.480 e. The van der Waals surface area contributed by atoms with Crippen molar-refractivity contribution in [1.29, 1.82) is 0 Å². The number of aliphatic hydroxyl groups is 1. The fraction of sp³-hybridized carbons (Fsp3) is 0.600. The zero-order chi connectivity index (χ0) is 23.3. The summed E-state index contributed by atoms with van der Waals surface area (Å²) in [6.45, 7) is -1.16. The van der Waals surface area contributed by atoms with Crippen molar-refractivity contribution in [2.45, 2.75) is 37.4 Å². The van der Waals surface area contributed by atoms with Gasteiger partial charge in [-0.3, -0.25) is 24.2 Å². The molecule has 0 saturated heterocycles. The van der Waals surface area contributed by atoms with Crippen molar-refractivity contribution in [2.75, 3.05) is 19.7 Å². The third-order valence-corrected chi connectivity index (χ3v) is 3.57. The number of aliphatic carboxylic acids is 1. The monoisotopic (exact) mass is 432 g/mol. The van der Waals surface area contributed by atoms with Crippen LogP contribution in [0.15, 0.2) is 4.99 Å². The number of rotatable bonds is 14. The van der Waals surface area contributed by atoms with Crippen LogP contribution < -0.4 is 38.9 Å². The highest BCUT2D eigenvalue weighted by molar-refractivity contribution is 5.95. The first-order valence-corrected chi connectivity index (χ1v) is 8.78. The van der Waals surface area contributed by atoms with E-state index in [4.69, 9.17) is 33.1 Å². The second-order valence-electron chi connectivity index (χ2n) is 6.15. The number of primary amides is 1. The van der Waals surface area contributed by atoms with Gasteiger partial charge in [0.05, 0.1) is 19.6 Å². The van der Waals surface area contributed by atoms with Crippen LogP contribution in [-0.2, 0) is 24.0 Å². The molecule has 170 valence electrons. The lowest BCUT2D eigenvalue weighted by molar-refractivity contribution is -0.142. The largest absolute Gasteiger partial charge is 0.480 e. The number of nitrogens with one attached hydrogen (secondary N) is 3. The molecule has 0 spiro atoms. The molecule has 0 saturated carbocycles. The average Bonchev–Trinajstić information content (AvgIpc) is 2.66. The Bertz CT molecular complexity index is 665. The SMILES string of the molecule is NC(=O)CC(NC(=O)C(N)CO)C(=O)NCC(=O)NC(CCCN=C(N)N)C(=O)O. The van der Waals surface area contributed by atoms with E-state index in [1.807, 2.05) is 0 Å². The van der Waals surface area contributed by atoms with E-state index in [1.165, 1.54) is 0 Å². The predicted octanol–water partition coefficient (Wildman–Crippen LogP) is -5.59. The lowest BCUT2D eigenvalue weighted by Crippen LogP contribution is -2.55. The van der Waals surface area contributed by atoms with Crippen molar-refractivity contribution >= 4 is 35.6 Å². The molecule has 15 heteroatoms. The van der Waals surface area contributed by atoms with Crippen LogP contribution >= 0.6 is 0 Å². The van der Waals surface area contributed by atoms with Gasteiger partial charge in [-0.2, -0.15) is 0 Å². The van der Waals surface area contributed by atoms with E-state index < -0.39 is 67.3 Å². The molecule has 0 aliphatic rings. The Morgan fingerprint density at radius 2 is 1.60 bits per heavy atom. The Morgan fingerprint density at radius 1 is 0.967 bits per heavy atom. The molecule has 0 rings (SSSR count). The molecular formula is C15H28N8O7. The molecule has 4 amide bonds. The number of nitrogens with two attached hydrogens (primary N) is 4. The molecule has 0 heterocycles. The number of carbonyl (C=O) groups is 5. The third-order valence-electron chi connectivity index (χ3n) is 3.57. The Hall–Kier alpha value is -3.46. The number of aliphatic imine (C=N–C) groups is 1. The summed E-state index contributed by atoms with van der Waals surface area (Å²) < 4.78 is 0. The van der Waals surface area contributed by atoms with Crippen LogP contribution in [0.1, 0.15) is 19.3 Å². The molecule has 0 bridgehead atoms. The van der Waals surface area contributed by atoms with Gasteiger partial charge in [0, 0.05) is 6.54 Å². The van der Waals surface area contributed by atoms with Gasteiger partial charge in [-0.1, -0.05) is 0 Å². The Labute approximate surface area is 171 Å². The summed E-state index contributed by atoms with van der Waals surface area (Å²) in [4.78, 5) is 61.8. The molecule has 3 unspecified atom stereocenters. The van der Waals surface area contributed by atoms with Gasteiger partial charge in [0.1, 0.15) is 18.1 Å². The highest BCUT2D eigenvalue weighted by Gasteiger charge is 2.26. The van der Waals surface area contributed by atoms with E-state index >= 15 is 0 Å². The van der Waals surface area contributed by atoms with Crippen molar-refractivity contribution in [3.8, 4) is 0 Å². The summed E-state index contributed by atoms with van der Waals surface area (Å²) in [6.07, 6.45) is -0.273. The molecule has 0 fully saturated rings. The second-order valence-corrected chi connectivity index (χ2v) is 6.15. The van der Waals surface area contributed by atoms with Gasteiger partial charge in [-0.05, 0) is 12.8 Å². The number of amides is 4. The van der Waals surface area contributed by atoms with Gasteiger partial charge in [-0.25, -0.2) is 4.79 Å². The fourth-order valence-corrected chi connectivity index (χ4v) is 2.07. The summed E-state index contributed by atoms with van der Waals surface area (Å²) in [6, 6.07) is -4.01. The van der Waals surface area contributed by atoms with Crippen molar-refractivity contribution in [2.24, 2.45) is 27.9 Å². The highest BCUT2D eigenvalue weighted by atomic mass is 16.4. The topological polar surface area (TPSA) is 278 Å². The lowest BCUT2D eigenvalue weighted by Gasteiger charge is -2.19. The van der Waals surface area contributed by atoms with E-state index in [9.17, 15) is 24.0 Å². The normalized spacial score (nSPS) is 13.3. The second kappa shape index (κ2) is 13.7. The molecule has 0 aromatic carbocycles. The van der Waals surface area contributed by atoms with Crippen molar-refractivity contribution in [3.63, 3.8) is 0 Å².